The number of carbonyl (C=O) groups is 1. The Morgan fingerprint density at radius 2 is 1.77 bits per heavy atom. The zero-order valence-corrected chi connectivity index (χ0v) is 14.2. The van der Waals surface area contributed by atoms with Crippen molar-refractivity contribution in [2.24, 2.45) is 0 Å². The SMILES string of the molecule is Cc1ccc(CNC(=O)c2cnc(Nc3ccccc3C#N)nc2)cc1. The molecular formula is C20H17N5O. The number of benzene rings is 2. The van der Waals surface area contributed by atoms with Crippen LogP contribution in [0.3, 0.4) is 0 Å². The van der Waals surface area contributed by atoms with Gasteiger partial charge in [0.15, 0.2) is 0 Å². The van der Waals surface area contributed by atoms with Crippen LogP contribution in [-0.2, 0) is 6.54 Å². The quantitative estimate of drug-likeness (QED) is 0.741. The number of nitrogens with zero attached hydrogens (tertiary/aromatic N) is 3. The van der Waals surface area contributed by atoms with E-state index in [-0.39, 0.29) is 5.91 Å². The number of para-hydroxylation sites is 1. The number of rotatable bonds is 5. The summed E-state index contributed by atoms with van der Waals surface area (Å²) in [5, 5.41) is 14.9. The number of amides is 1. The lowest BCUT2D eigenvalue weighted by Gasteiger charge is -2.08. The van der Waals surface area contributed by atoms with E-state index in [4.69, 9.17) is 5.26 Å². The molecule has 3 rings (SSSR count). The predicted octanol–water partition coefficient (Wildman–Crippen LogP) is 3.33. The lowest BCUT2D eigenvalue weighted by molar-refractivity contribution is 0.0950. The van der Waals surface area contributed by atoms with Gasteiger partial charge in [0, 0.05) is 18.9 Å². The van der Waals surface area contributed by atoms with E-state index < -0.39 is 0 Å². The largest absolute Gasteiger partial charge is 0.348 e. The molecule has 3 aromatic rings. The molecule has 1 heterocycles. The molecule has 2 aromatic carbocycles. The van der Waals surface area contributed by atoms with E-state index in [1.165, 1.54) is 18.0 Å². The lowest BCUT2D eigenvalue weighted by atomic mass is 10.1. The molecule has 0 unspecified atom stereocenters. The van der Waals surface area contributed by atoms with Crippen LogP contribution in [0, 0.1) is 18.3 Å². The van der Waals surface area contributed by atoms with Crippen LogP contribution < -0.4 is 10.6 Å². The lowest BCUT2D eigenvalue weighted by Crippen LogP contribution is -2.23. The van der Waals surface area contributed by atoms with Crippen molar-refractivity contribution in [3.63, 3.8) is 0 Å². The normalized spacial score (nSPS) is 10.0. The first-order chi connectivity index (χ1) is 12.7. The third-order valence-electron chi connectivity index (χ3n) is 3.78. The highest BCUT2D eigenvalue weighted by molar-refractivity contribution is 5.93. The van der Waals surface area contributed by atoms with Gasteiger partial charge in [-0.15, -0.1) is 0 Å². The van der Waals surface area contributed by atoms with Gasteiger partial charge in [-0.1, -0.05) is 42.0 Å². The van der Waals surface area contributed by atoms with E-state index >= 15 is 0 Å². The molecule has 1 amide bonds. The average Bonchev–Trinajstić information content (AvgIpc) is 2.68. The van der Waals surface area contributed by atoms with Crippen molar-refractivity contribution < 1.29 is 4.79 Å². The molecule has 6 heteroatoms. The number of hydrogen-bond acceptors (Lipinski definition) is 5. The maximum atomic E-state index is 12.2. The Morgan fingerprint density at radius 3 is 2.46 bits per heavy atom. The minimum absolute atomic E-state index is 0.241. The molecule has 0 saturated heterocycles. The molecule has 0 atom stereocenters. The van der Waals surface area contributed by atoms with Gasteiger partial charge in [0.05, 0.1) is 16.8 Å². The van der Waals surface area contributed by atoms with Crippen LogP contribution in [0.5, 0.6) is 0 Å². The van der Waals surface area contributed by atoms with Crippen LogP contribution in [0.25, 0.3) is 0 Å². The van der Waals surface area contributed by atoms with Crippen LogP contribution >= 0.6 is 0 Å². The van der Waals surface area contributed by atoms with E-state index in [1.807, 2.05) is 37.3 Å². The number of aryl methyl sites for hydroxylation is 1. The van der Waals surface area contributed by atoms with Crippen molar-refractivity contribution in [2.75, 3.05) is 5.32 Å². The molecule has 1 aromatic heterocycles. The first kappa shape index (κ1) is 17.1. The highest BCUT2D eigenvalue weighted by Crippen LogP contribution is 2.17. The maximum absolute atomic E-state index is 12.2. The summed E-state index contributed by atoms with van der Waals surface area (Å²) in [6, 6.07) is 17.1. The Hall–Kier alpha value is -3.72. The Bertz CT molecular complexity index is 943. The topological polar surface area (TPSA) is 90.7 Å². The van der Waals surface area contributed by atoms with E-state index in [0.29, 0.717) is 29.3 Å². The number of anilines is 2. The van der Waals surface area contributed by atoms with Crippen molar-refractivity contribution >= 4 is 17.5 Å². The summed E-state index contributed by atoms with van der Waals surface area (Å²) in [7, 11) is 0. The van der Waals surface area contributed by atoms with Crippen molar-refractivity contribution in [1.82, 2.24) is 15.3 Å². The molecule has 0 fully saturated rings. The molecule has 0 bridgehead atoms. The van der Waals surface area contributed by atoms with Gasteiger partial charge < -0.3 is 10.6 Å². The Kier molecular flexibility index (Phi) is 5.20. The highest BCUT2D eigenvalue weighted by Gasteiger charge is 2.08. The van der Waals surface area contributed by atoms with E-state index in [0.717, 1.165) is 5.56 Å². The van der Waals surface area contributed by atoms with Crippen molar-refractivity contribution in [1.29, 1.82) is 5.26 Å². The third kappa shape index (κ3) is 4.22. The maximum Gasteiger partial charge on any atom is 0.254 e. The number of aromatic nitrogens is 2. The minimum atomic E-state index is -0.241. The summed E-state index contributed by atoms with van der Waals surface area (Å²) in [6.07, 6.45) is 2.91. The molecule has 26 heavy (non-hydrogen) atoms. The van der Waals surface area contributed by atoms with Crippen LogP contribution in [0.15, 0.2) is 60.9 Å². The van der Waals surface area contributed by atoms with E-state index in [1.54, 1.807) is 18.2 Å². The van der Waals surface area contributed by atoms with Gasteiger partial charge in [-0.25, -0.2) is 9.97 Å². The Morgan fingerprint density at radius 1 is 1.08 bits per heavy atom. The fraction of sp³-hybridized carbons (Fsp3) is 0.100. The van der Waals surface area contributed by atoms with Gasteiger partial charge in [-0.3, -0.25) is 4.79 Å². The fourth-order valence-corrected chi connectivity index (χ4v) is 2.31. The third-order valence-corrected chi connectivity index (χ3v) is 3.78. The fourth-order valence-electron chi connectivity index (χ4n) is 2.31. The number of nitrogens with one attached hydrogen (secondary N) is 2. The molecule has 0 aliphatic heterocycles. The molecule has 0 spiro atoms. The Balaban J connectivity index is 1.62. The second-order valence-electron chi connectivity index (χ2n) is 5.75. The summed E-state index contributed by atoms with van der Waals surface area (Å²) in [4.78, 5) is 20.5. The second-order valence-corrected chi connectivity index (χ2v) is 5.75. The van der Waals surface area contributed by atoms with Gasteiger partial charge in [-0.05, 0) is 24.6 Å². The average molecular weight is 343 g/mol. The van der Waals surface area contributed by atoms with E-state index in [2.05, 4.69) is 26.7 Å². The first-order valence-electron chi connectivity index (χ1n) is 8.07. The first-order valence-corrected chi connectivity index (χ1v) is 8.07. The summed E-state index contributed by atoms with van der Waals surface area (Å²) in [6.45, 7) is 2.46. The summed E-state index contributed by atoms with van der Waals surface area (Å²) < 4.78 is 0. The van der Waals surface area contributed by atoms with Crippen molar-refractivity contribution in [3.05, 3.63) is 83.2 Å². The van der Waals surface area contributed by atoms with Gasteiger partial charge in [0.2, 0.25) is 5.95 Å². The molecule has 2 N–H and O–H groups in total. The van der Waals surface area contributed by atoms with E-state index in [9.17, 15) is 4.79 Å². The van der Waals surface area contributed by atoms with Crippen LogP contribution in [0.2, 0.25) is 0 Å². The predicted molar refractivity (Wildman–Crippen MR) is 98.8 cm³/mol. The Labute approximate surface area is 151 Å². The van der Waals surface area contributed by atoms with Crippen LogP contribution in [-0.4, -0.2) is 15.9 Å². The molecule has 128 valence electrons. The number of carbonyl (C=O) groups excluding carboxylic acids is 1. The van der Waals surface area contributed by atoms with Crippen molar-refractivity contribution in [3.8, 4) is 6.07 Å². The zero-order valence-electron chi connectivity index (χ0n) is 14.2. The molecule has 0 aliphatic carbocycles. The molecule has 0 aliphatic rings. The number of nitriles is 1. The molecule has 6 nitrogen and oxygen atoms in total. The van der Waals surface area contributed by atoms with Gasteiger partial charge >= 0.3 is 0 Å². The van der Waals surface area contributed by atoms with Gasteiger partial charge in [0.25, 0.3) is 5.91 Å². The van der Waals surface area contributed by atoms with Gasteiger partial charge in [-0.2, -0.15) is 5.26 Å². The van der Waals surface area contributed by atoms with Crippen molar-refractivity contribution in [2.45, 2.75) is 13.5 Å². The zero-order chi connectivity index (χ0) is 18.4. The van der Waals surface area contributed by atoms with Crippen LogP contribution in [0.4, 0.5) is 11.6 Å². The smallest absolute Gasteiger partial charge is 0.254 e. The molecule has 0 saturated carbocycles. The monoisotopic (exact) mass is 343 g/mol. The highest BCUT2D eigenvalue weighted by atomic mass is 16.1. The van der Waals surface area contributed by atoms with Gasteiger partial charge in [0.1, 0.15) is 6.07 Å². The summed E-state index contributed by atoms with van der Waals surface area (Å²) in [5.41, 5.74) is 3.68. The number of hydrogen-bond donors (Lipinski definition) is 2. The molecule has 0 radical (unpaired) electrons. The standard InChI is InChI=1S/C20H17N5O/c1-14-6-8-15(9-7-14)11-22-19(26)17-12-23-20(24-13-17)25-18-5-3-2-4-16(18)10-21/h2-9,12-13H,11H2,1H3,(H,22,26)(H,23,24,25). The molecular weight excluding hydrogens is 326 g/mol. The summed E-state index contributed by atoms with van der Waals surface area (Å²) in [5.74, 6) is 0.0809. The minimum Gasteiger partial charge on any atom is -0.348 e. The van der Waals surface area contributed by atoms with Crippen LogP contribution in [0.1, 0.15) is 27.0 Å². The second kappa shape index (κ2) is 7.90. The summed E-state index contributed by atoms with van der Waals surface area (Å²) >= 11 is 0.